The molecule has 1 aromatic carbocycles. The van der Waals surface area contributed by atoms with Gasteiger partial charge in [0.15, 0.2) is 0 Å². The third-order valence-electron chi connectivity index (χ3n) is 3.04. The Labute approximate surface area is 116 Å². The van der Waals surface area contributed by atoms with E-state index >= 15 is 0 Å². The zero-order chi connectivity index (χ0) is 14.5. The van der Waals surface area contributed by atoms with E-state index in [0.717, 1.165) is 12.0 Å². The van der Waals surface area contributed by atoms with Gasteiger partial charge in [0.2, 0.25) is 6.41 Å². The fourth-order valence-corrected chi connectivity index (χ4v) is 2.12. The fourth-order valence-electron chi connectivity index (χ4n) is 2.12. The summed E-state index contributed by atoms with van der Waals surface area (Å²) in [6.45, 7) is 1.15. The van der Waals surface area contributed by atoms with Gasteiger partial charge >= 0.3 is 0 Å². The van der Waals surface area contributed by atoms with Gasteiger partial charge in [-0.1, -0.05) is 6.07 Å². The SMILES string of the molecule is COC[C@@H]1CN(C=O)Cc2ccc(C(=O)NO)cc2O1. The zero-order valence-corrected chi connectivity index (χ0v) is 11.0. The molecule has 0 fully saturated rings. The zero-order valence-electron chi connectivity index (χ0n) is 11.0. The van der Waals surface area contributed by atoms with E-state index in [2.05, 4.69) is 0 Å². The van der Waals surface area contributed by atoms with Gasteiger partial charge < -0.3 is 14.4 Å². The average Bonchev–Trinajstić information content (AvgIpc) is 2.64. The minimum Gasteiger partial charge on any atom is -0.486 e. The molecule has 2 N–H and O–H groups in total. The van der Waals surface area contributed by atoms with Gasteiger partial charge in [-0.25, -0.2) is 5.48 Å². The van der Waals surface area contributed by atoms with Crippen LogP contribution < -0.4 is 10.2 Å². The molecule has 7 nitrogen and oxygen atoms in total. The van der Waals surface area contributed by atoms with Crippen molar-refractivity contribution in [1.82, 2.24) is 10.4 Å². The minimum atomic E-state index is -0.615. The Morgan fingerprint density at radius 2 is 2.45 bits per heavy atom. The number of carbonyl (C=O) groups excluding carboxylic acids is 2. The van der Waals surface area contributed by atoms with Gasteiger partial charge in [-0.3, -0.25) is 14.8 Å². The Morgan fingerprint density at radius 3 is 3.10 bits per heavy atom. The number of methoxy groups -OCH3 is 1. The Bertz CT molecular complexity index is 506. The summed E-state index contributed by atoms with van der Waals surface area (Å²) in [6, 6.07) is 4.80. The molecule has 2 amide bonds. The summed E-state index contributed by atoms with van der Waals surface area (Å²) >= 11 is 0. The van der Waals surface area contributed by atoms with E-state index in [4.69, 9.17) is 14.7 Å². The molecular formula is C13H16N2O5. The molecule has 7 heteroatoms. The maximum Gasteiger partial charge on any atom is 0.274 e. The minimum absolute atomic E-state index is 0.280. The van der Waals surface area contributed by atoms with E-state index in [1.54, 1.807) is 29.6 Å². The first-order chi connectivity index (χ1) is 9.67. The number of hydrogen-bond donors (Lipinski definition) is 2. The molecule has 1 atom stereocenters. The van der Waals surface area contributed by atoms with Gasteiger partial charge in [-0.05, 0) is 12.1 Å². The molecule has 0 bridgehead atoms. The Morgan fingerprint density at radius 1 is 1.65 bits per heavy atom. The smallest absolute Gasteiger partial charge is 0.274 e. The molecule has 20 heavy (non-hydrogen) atoms. The maximum atomic E-state index is 11.4. The second-order valence-electron chi connectivity index (χ2n) is 4.49. The van der Waals surface area contributed by atoms with E-state index in [1.165, 1.54) is 6.07 Å². The van der Waals surface area contributed by atoms with Crippen LogP contribution in [-0.2, 0) is 16.1 Å². The summed E-state index contributed by atoms with van der Waals surface area (Å²) in [7, 11) is 1.55. The molecule has 2 rings (SSSR count). The van der Waals surface area contributed by atoms with Crippen LogP contribution in [0.15, 0.2) is 18.2 Å². The van der Waals surface area contributed by atoms with Crippen molar-refractivity contribution >= 4 is 12.3 Å². The molecule has 0 unspecified atom stereocenters. The first-order valence-electron chi connectivity index (χ1n) is 6.10. The molecule has 0 aromatic heterocycles. The van der Waals surface area contributed by atoms with Gasteiger partial charge in [0.25, 0.3) is 5.91 Å². The Hall–Kier alpha value is -2.12. The van der Waals surface area contributed by atoms with Crippen LogP contribution in [0.25, 0.3) is 0 Å². The van der Waals surface area contributed by atoms with Crippen molar-refractivity contribution in [2.45, 2.75) is 12.6 Å². The molecule has 1 aliphatic heterocycles. The number of amides is 2. The fraction of sp³-hybridized carbons (Fsp3) is 0.385. The predicted octanol–water partition coefficient (Wildman–Crippen LogP) is 0.171. The molecule has 0 radical (unpaired) electrons. The summed E-state index contributed by atoms with van der Waals surface area (Å²) in [5.74, 6) is -0.103. The maximum absolute atomic E-state index is 11.4. The highest BCUT2D eigenvalue weighted by molar-refractivity contribution is 5.93. The van der Waals surface area contributed by atoms with E-state index in [0.29, 0.717) is 25.4 Å². The van der Waals surface area contributed by atoms with E-state index < -0.39 is 5.91 Å². The van der Waals surface area contributed by atoms with Crippen LogP contribution in [0.3, 0.4) is 0 Å². The van der Waals surface area contributed by atoms with Crippen LogP contribution in [0.2, 0.25) is 0 Å². The second-order valence-corrected chi connectivity index (χ2v) is 4.49. The molecule has 1 aliphatic rings. The summed E-state index contributed by atoms with van der Waals surface area (Å²) in [6.07, 6.45) is 0.453. The van der Waals surface area contributed by atoms with E-state index in [9.17, 15) is 9.59 Å². The van der Waals surface area contributed by atoms with Gasteiger partial charge in [0.05, 0.1) is 13.2 Å². The lowest BCUT2D eigenvalue weighted by molar-refractivity contribution is -0.119. The van der Waals surface area contributed by atoms with Gasteiger partial charge in [0, 0.05) is 24.8 Å². The summed E-state index contributed by atoms with van der Waals surface area (Å²) < 4.78 is 10.8. The molecule has 1 aromatic rings. The molecule has 1 heterocycles. The van der Waals surface area contributed by atoms with E-state index in [1.807, 2.05) is 0 Å². The molecular weight excluding hydrogens is 264 g/mol. The topological polar surface area (TPSA) is 88.1 Å². The summed E-state index contributed by atoms with van der Waals surface area (Å²) in [5, 5.41) is 8.65. The van der Waals surface area contributed by atoms with Crippen LogP contribution in [0.5, 0.6) is 5.75 Å². The van der Waals surface area contributed by atoms with Crippen LogP contribution in [-0.4, -0.2) is 48.8 Å². The van der Waals surface area contributed by atoms with Crippen molar-refractivity contribution in [1.29, 1.82) is 0 Å². The van der Waals surface area contributed by atoms with Crippen molar-refractivity contribution in [2.75, 3.05) is 20.3 Å². The number of nitrogens with zero attached hydrogens (tertiary/aromatic N) is 1. The van der Waals surface area contributed by atoms with Crippen molar-refractivity contribution in [2.24, 2.45) is 0 Å². The Balaban J connectivity index is 2.31. The number of rotatable bonds is 4. The first-order valence-corrected chi connectivity index (χ1v) is 6.10. The van der Waals surface area contributed by atoms with Crippen LogP contribution in [0.4, 0.5) is 0 Å². The number of fused-ring (bicyclic) bond motifs is 1. The lowest BCUT2D eigenvalue weighted by Crippen LogP contribution is -2.34. The second kappa shape index (κ2) is 6.36. The summed E-state index contributed by atoms with van der Waals surface area (Å²) in [5.41, 5.74) is 2.65. The lowest BCUT2D eigenvalue weighted by Gasteiger charge is -2.19. The number of carbonyl (C=O) groups is 2. The average molecular weight is 280 g/mol. The van der Waals surface area contributed by atoms with Gasteiger partial charge in [-0.2, -0.15) is 0 Å². The highest BCUT2D eigenvalue weighted by Gasteiger charge is 2.23. The predicted molar refractivity (Wildman–Crippen MR) is 68.5 cm³/mol. The van der Waals surface area contributed by atoms with E-state index in [-0.39, 0.29) is 11.7 Å². The van der Waals surface area contributed by atoms with Crippen LogP contribution in [0.1, 0.15) is 15.9 Å². The molecule has 0 aliphatic carbocycles. The highest BCUT2D eigenvalue weighted by Crippen LogP contribution is 2.26. The normalized spacial score (nSPS) is 17.7. The van der Waals surface area contributed by atoms with Crippen molar-refractivity contribution in [3.05, 3.63) is 29.3 Å². The van der Waals surface area contributed by atoms with Crippen molar-refractivity contribution in [3.8, 4) is 5.75 Å². The number of benzene rings is 1. The van der Waals surface area contributed by atoms with Gasteiger partial charge in [-0.15, -0.1) is 0 Å². The third kappa shape index (κ3) is 3.06. The van der Waals surface area contributed by atoms with Crippen molar-refractivity contribution < 1.29 is 24.3 Å². The first kappa shape index (κ1) is 14.3. The molecule has 108 valence electrons. The van der Waals surface area contributed by atoms with Crippen LogP contribution in [0, 0.1) is 0 Å². The summed E-state index contributed by atoms with van der Waals surface area (Å²) in [4.78, 5) is 24.0. The largest absolute Gasteiger partial charge is 0.486 e. The van der Waals surface area contributed by atoms with Crippen LogP contribution >= 0.6 is 0 Å². The quantitative estimate of drug-likeness (QED) is 0.466. The van der Waals surface area contributed by atoms with Gasteiger partial charge in [0.1, 0.15) is 11.9 Å². The van der Waals surface area contributed by atoms with Crippen molar-refractivity contribution in [3.63, 3.8) is 0 Å². The highest BCUT2D eigenvalue weighted by atomic mass is 16.5. The number of hydrogen-bond acceptors (Lipinski definition) is 5. The number of ether oxygens (including phenoxy) is 2. The number of hydroxylamine groups is 1. The standard InChI is InChI=1S/C13H16N2O5/c1-19-7-11-6-15(8-16)5-10-3-2-9(13(17)14-18)4-12(10)20-11/h2-4,8,11,18H,5-7H2,1H3,(H,14,17)/t11-/m0/s1. The molecule has 0 spiro atoms. The number of nitrogens with one attached hydrogen (secondary N) is 1. The molecule has 0 saturated carbocycles. The lowest BCUT2D eigenvalue weighted by atomic mass is 10.1. The third-order valence-corrected chi connectivity index (χ3v) is 3.04. The Kier molecular flexibility index (Phi) is 4.54. The molecule has 0 saturated heterocycles. The monoisotopic (exact) mass is 280 g/mol.